The summed E-state index contributed by atoms with van der Waals surface area (Å²) in [5.41, 5.74) is 1.49. The van der Waals surface area contributed by atoms with E-state index in [4.69, 9.17) is 13.9 Å². The minimum absolute atomic E-state index is 0.183. The molecule has 0 unspecified atom stereocenters. The lowest BCUT2D eigenvalue weighted by Gasteiger charge is -2.10. The van der Waals surface area contributed by atoms with Crippen molar-refractivity contribution < 1.29 is 18.7 Å². The zero-order chi connectivity index (χ0) is 18.5. The number of ether oxygens (including phenoxy) is 2. The van der Waals surface area contributed by atoms with Crippen molar-refractivity contribution in [1.29, 1.82) is 0 Å². The van der Waals surface area contributed by atoms with Crippen LogP contribution in [0.15, 0.2) is 41.0 Å². The highest BCUT2D eigenvalue weighted by atomic mass is 32.1. The molecule has 136 valence electrons. The monoisotopic (exact) mass is 372 g/mol. The third kappa shape index (κ3) is 3.88. The molecule has 2 heterocycles. The topological polar surface area (TPSA) is 73.6 Å². The summed E-state index contributed by atoms with van der Waals surface area (Å²) in [6.45, 7) is 2.38. The lowest BCUT2D eigenvalue weighted by atomic mass is 10.1. The number of aromatic nitrogens is 1. The lowest BCUT2D eigenvalue weighted by Crippen LogP contribution is -2.26. The second-order valence-corrected chi connectivity index (χ2v) is 6.80. The number of aryl methyl sites for hydroxylation is 1. The molecule has 1 aromatic carbocycles. The maximum atomic E-state index is 12.4. The average molecular weight is 372 g/mol. The maximum absolute atomic E-state index is 12.4. The minimum Gasteiger partial charge on any atom is -0.493 e. The number of benzene rings is 1. The van der Waals surface area contributed by atoms with Crippen molar-refractivity contribution >= 4 is 17.2 Å². The van der Waals surface area contributed by atoms with Crippen molar-refractivity contribution in [2.45, 2.75) is 13.3 Å². The van der Waals surface area contributed by atoms with Crippen LogP contribution in [0.2, 0.25) is 0 Å². The van der Waals surface area contributed by atoms with Crippen LogP contribution in [-0.2, 0) is 6.42 Å². The van der Waals surface area contributed by atoms with Crippen LogP contribution in [0.3, 0.4) is 0 Å². The summed E-state index contributed by atoms with van der Waals surface area (Å²) in [5.74, 6) is 1.85. The molecule has 26 heavy (non-hydrogen) atoms. The third-order valence-electron chi connectivity index (χ3n) is 3.89. The first kappa shape index (κ1) is 18.0. The van der Waals surface area contributed by atoms with Gasteiger partial charge in [0.1, 0.15) is 5.69 Å². The SMILES string of the molecule is COc1ccc(CCNC(=O)c2nc(-c3ccco3)sc2C)cc1OC. The number of hydrogen-bond acceptors (Lipinski definition) is 6. The molecule has 3 aromatic rings. The average Bonchev–Trinajstić information content (AvgIpc) is 3.31. The zero-order valence-corrected chi connectivity index (χ0v) is 15.7. The van der Waals surface area contributed by atoms with Crippen LogP contribution in [-0.4, -0.2) is 31.7 Å². The van der Waals surface area contributed by atoms with Gasteiger partial charge in [-0.1, -0.05) is 6.07 Å². The van der Waals surface area contributed by atoms with E-state index < -0.39 is 0 Å². The Hall–Kier alpha value is -2.80. The van der Waals surface area contributed by atoms with Crippen LogP contribution in [0.1, 0.15) is 20.9 Å². The number of carbonyl (C=O) groups is 1. The summed E-state index contributed by atoms with van der Waals surface area (Å²) >= 11 is 1.44. The fraction of sp³-hybridized carbons (Fsp3) is 0.263. The van der Waals surface area contributed by atoms with Gasteiger partial charge in [0.15, 0.2) is 22.3 Å². The van der Waals surface area contributed by atoms with Gasteiger partial charge in [-0.15, -0.1) is 11.3 Å². The second-order valence-electron chi connectivity index (χ2n) is 5.60. The predicted molar refractivity (Wildman–Crippen MR) is 100 cm³/mol. The van der Waals surface area contributed by atoms with E-state index >= 15 is 0 Å². The number of amides is 1. The van der Waals surface area contributed by atoms with Crippen molar-refractivity contribution in [3.8, 4) is 22.3 Å². The fourth-order valence-corrected chi connectivity index (χ4v) is 3.43. The summed E-state index contributed by atoms with van der Waals surface area (Å²) in [5, 5.41) is 3.62. The van der Waals surface area contributed by atoms with Crippen molar-refractivity contribution in [2.24, 2.45) is 0 Å². The van der Waals surface area contributed by atoms with E-state index in [0.29, 0.717) is 40.9 Å². The Morgan fingerprint density at radius 3 is 2.73 bits per heavy atom. The normalized spacial score (nSPS) is 10.6. The largest absolute Gasteiger partial charge is 0.493 e. The molecule has 1 N–H and O–H groups in total. The summed E-state index contributed by atoms with van der Waals surface area (Å²) < 4.78 is 15.9. The van der Waals surface area contributed by atoms with Gasteiger partial charge in [-0.25, -0.2) is 4.98 Å². The van der Waals surface area contributed by atoms with Crippen LogP contribution in [0.4, 0.5) is 0 Å². The van der Waals surface area contributed by atoms with Gasteiger partial charge in [0.05, 0.1) is 20.5 Å². The summed E-state index contributed by atoms with van der Waals surface area (Å²) in [7, 11) is 3.20. The number of methoxy groups -OCH3 is 2. The van der Waals surface area contributed by atoms with E-state index in [1.165, 1.54) is 11.3 Å². The molecule has 0 bridgehead atoms. The van der Waals surface area contributed by atoms with E-state index in [1.807, 2.05) is 31.2 Å². The van der Waals surface area contributed by atoms with E-state index in [9.17, 15) is 4.79 Å². The van der Waals surface area contributed by atoms with E-state index in [1.54, 1.807) is 26.5 Å². The zero-order valence-electron chi connectivity index (χ0n) is 14.9. The molecule has 6 nitrogen and oxygen atoms in total. The molecule has 1 amide bonds. The first-order valence-electron chi connectivity index (χ1n) is 8.12. The third-order valence-corrected chi connectivity index (χ3v) is 4.88. The fourth-order valence-electron chi connectivity index (χ4n) is 2.55. The quantitative estimate of drug-likeness (QED) is 0.684. The predicted octanol–water partition coefficient (Wildman–Crippen LogP) is 3.70. The number of hydrogen-bond donors (Lipinski definition) is 1. The number of nitrogens with zero attached hydrogens (tertiary/aromatic N) is 1. The van der Waals surface area contributed by atoms with E-state index in [2.05, 4.69) is 10.3 Å². The van der Waals surface area contributed by atoms with Crippen molar-refractivity contribution in [1.82, 2.24) is 10.3 Å². The molecule has 7 heteroatoms. The van der Waals surface area contributed by atoms with Gasteiger partial charge < -0.3 is 19.2 Å². The Kier molecular flexibility index (Phi) is 5.58. The molecule has 0 fully saturated rings. The van der Waals surface area contributed by atoms with Crippen LogP contribution >= 0.6 is 11.3 Å². The first-order valence-corrected chi connectivity index (χ1v) is 8.94. The first-order chi connectivity index (χ1) is 12.6. The van der Waals surface area contributed by atoms with Crippen LogP contribution in [0.5, 0.6) is 11.5 Å². The summed E-state index contributed by atoms with van der Waals surface area (Å²) in [6, 6.07) is 9.35. The molecule has 0 aliphatic heterocycles. The second kappa shape index (κ2) is 8.05. The summed E-state index contributed by atoms with van der Waals surface area (Å²) in [4.78, 5) is 17.7. The molecule has 3 rings (SSSR count). The lowest BCUT2D eigenvalue weighted by molar-refractivity contribution is 0.0949. The van der Waals surface area contributed by atoms with Crippen molar-refractivity contribution in [3.63, 3.8) is 0 Å². The van der Waals surface area contributed by atoms with Crippen LogP contribution < -0.4 is 14.8 Å². The van der Waals surface area contributed by atoms with Crippen LogP contribution in [0.25, 0.3) is 10.8 Å². The molecule has 0 aliphatic carbocycles. The molecule has 0 spiro atoms. The van der Waals surface area contributed by atoms with E-state index in [-0.39, 0.29) is 5.91 Å². The number of carbonyl (C=O) groups excluding carboxylic acids is 1. The Morgan fingerprint density at radius 2 is 2.04 bits per heavy atom. The molecule has 0 atom stereocenters. The van der Waals surface area contributed by atoms with Crippen molar-refractivity contribution in [3.05, 3.63) is 52.7 Å². The Bertz CT molecular complexity index is 887. The van der Waals surface area contributed by atoms with Gasteiger partial charge in [-0.3, -0.25) is 4.79 Å². The molecule has 0 saturated heterocycles. The summed E-state index contributed by atoms with van der Waals surface area (Å²) in [6.07, 6.45) is 2.27. The Labute approximate surface area is 155 Å². The maximum Gasteiger partial charge on any atom is 0.271 e. The van der Waals surface area contributed by atoms with Gasteiger partial charge in [-0.05, 0) is 43.2 Å². The van der Waals surface area contributed by atoms with E-state index in [0.717, 1.165) is 10.4 Å². The van der Waals surface area contributed by atoms with Crippen molar-refractivity contribution in [2.75, 3.05) is 20.8 Å². The number of furan rings is 1. The molecular weight excluding hydrogens is 352 g/mol. The molecule has 0 aliphatic rings. The van der Waals surface area contributed by atoms with Crippen LogP contribution in [0, 0.1) is 6.92 Å². The van der Waals surface area contributed by atoms with Gasteiger partial charge in [0.2, 0.25) is 0 Å². The molecular formula is C19H20N2O4S. The highest BCUT2D eigenvalue weighted by Crippen LogP contribution is 2.28. The van der Waals surface area contributed by atoms with Gasteiger partial charge in [0, 0.05) is 11.4 Å². The Balaban J connectivity index is 1.61. The smallest absolute Gasteiger partial charge is 0.271 e. The molecule has 2 aromatic heterocycles. The molecule has 0 saturated carbocycles. The standard InChI is InChI=1S/C19H20N2O4S/c1-12-17(21-19(26-12)15-5-4-10-25-15)18(22)20-9-8-13-6-7-14(23-2)16(11-13)24-3/h4-7,10-11H,8-9H2,1-3H3,(H,20,22). The Morgan fingerprint density at radius 1 is 1.23 bits per heavy atom. The highest BCUT2D eigenvalue weighted by Gasteiger charge is 2.17. The molecule has 0 radical (unpaired) electrons. The highest BCUT2D eigenvalue weighted by molar-refractivity contribution is 7.15. The number of thiazole rings is 1. The van der Waals surface area contributed by atoms with Gasteiger partial charge in [0.25, 0.3) is 5.91 Å². The van der Waals surface area contributed by atoms with Gasteiger partial charge >= 0.3 is 0 Å². The number of nitrogens with one attached hydrogen (secondary N) is 1. The minimum atomic E-state index is -0.183. The van der Waals surface area contributed by atoms with Gasteiger partial charge in [-0.2, -0.15) is 0 Å². The number of rotatable bonds is 7.